The van der Waals surface area contributed by atoms with E-state index in [0.717, 1.165) is 45.6 Å². The van der Waals surface area contributed by atoms with Crippen LogP contribution in [0.1, 0.15) is 24.8 Å². The van der Waals surface area contributed by atoms with E-state index in [9.17, 15) is 0 Å². The molecule has 2 fully saturated rings. The Labute approximate surface area is 108 Å². The lowest BCUT2D eigenvalue weighted by Gasteiger charge is -2.34. The fourth-order valence-corrected chi connectivity index (χ4v) is 2.97. The molecule has 1 aromatic carbocycles. The second kappa shape index (κ2) is 5.39. The Hall–Kier alpha value is -0.900. The summed E-state index contributed by atoms with van der Waals surface area (Å²) in [7, 11) is 0. The monoisotopic (exact) mass is 247 g/mol. The Bertz CT molecular complexity index is 373. The van der Waals surface area contributed by atoms with Gasteiger partial charge in [0.1, 0.15) is 0 Å². The Morgan fingerprint density at radius 3 is 3.00 bits per heavy atom. The molecule has 1 aliphatic heterocycles. The van der Waals surface area contributed by atoms with Crippen molar-refractivity contribution in [2.75, 3.05) is 19.7 Å². The highest BCUT2D eigenvalue weighted by Crippen LogP contribution is 2.36. The summed E-state index contributed by atoms with van der Waals surface area (Å²) in [5.41, 5.74) is 1.31. The maximum Gasteiger partial charge on any atom is 0.0832 e. The van der Waals surface area contributed by atoms with Crippen LogP contribution < -0.4 is 5.32 Å². The molecule has 1 N–H and O–H groups in total. The molecule has 0 amide bonds. The summed E-state index contributed by atoms with van der Waals surface area (Å²) >= 11 is 0. The lowest BCUT2D eigenvalue weighted by molar-refractivity contribution is -0.0727. The first-order valence-electron chi connectivity index (χ1n) is 6.87. The number of hydrogen-bond acceptors (Lipinski definition) is 3. The van der Waals surface area contributed by atoms with E-state index in [1.807, 2.05) is 6.07 Å². The molecule has 3 nitrogen and oxygen atoms in total. The standard InChI is InChI=1S/C15H21NO2/c1-2-4-13(5-3-1)11-17-14-6-7-15(10-14)12-16-8-9-18-15/h1-5,14,16H,6-12H2. The minimum Gasteiger partial charge on any atom is -0.373 e. The molecule has 2 unspecified atom stereocenters. The van der Waals surface area contributed by atoms with Gasteiger partial charge in [-0.25, -0.2) is 0 Å². The molecule has 2 atom stereocenters. The lowest BCUT2D eigenvalue weighted by atomic mass is 10.0. The number of nitrogens with one attached hydrogen (secondary N) is 1. The zero-order chi connectivity index (χ0) is 12.3. The van der Waals surface area contributed by atoms with Crippen LogP contribution >= 0.6 is 0 Å². The molecule has 1 saturated carbocycles. The third kappa shape index (κ3) is 2.74. The highest BCUT2D eigenvalue weighted by atomic mass is 16.5. The van der Waals surface area contributed by atoms with Gasteiger partial charge in [0, 0.05) is 19.5 Å². The summed E-state index contributed by atoms with van der Waals surface area (Å²) in [4.78, 5) is 0. The molecule has 1 heterocycles. The average molecular weight is 247 g/mol. The van der Waals surface area contributed by atoms with Gasteiger partial charge in [0.05, 0.1) is 24.9 Å². The van der Waals surface area contributed by atoms with Crippen molar-refractivity contribution < 1.29 is 9.47 Å². The highest BCUT2D eigenvalue weighted by Gasteiger charge is 2.41. The van der Waals surface area contributed by atoms with E-state index in [1.165, 1.54) is 5.56 Å². The zero-order valence-corrected chi connectivity index (χ0v) is 10.7. The maximum atomic E-state index is 6.01. The smallest absolute Gasteiger partial charge is 0.0832 e. The topological polar surface area (TPSA) is 30.5 Å². The fraction of sp³-hybridized carbons (Fsp3) is 0.600. The van der Waals surface area contributed by atoms with E-state index >= 15 is 0 Å². The number of benzene rings is 1. The Morgan fingerprint density at radius 1 is 1.33 bits per heavy atom. The molecule has 0 bridgehead atoms. The van der Waals surface area contributed by atoms with Crippen LogP contribution in [0.5, 0.6) is 0 Å². The summed E-state index contributed by atoms with van der Waals surface area (Å²) in [5, 5.41) is 3.43. The fourth-order valence-electron chi connectivity index (χ4n) is 2.97. The van der Waals surface area contributed by atoms with Crippen molar-refractivity contribution in [1.82, 2.24) is 5.32 Å². The summed E-state index contributed by atoms with van der Waals surface area (Å²) in [6, 6.07) is 10.4. The SMILES string of the molecule is c1ccc(COC2CCC3(CNCCO3)C2)cc1. The summed E-state index contributed by atoms with van der Waals surface area (Å²) in [6.07, 6.45) is 3.63. The summed E-state index contributed by atoms with van der Waals surface area (Å²) in [5.74, 6) is 0. The van der Waals surface area contributed by atoms with Gasteiger partial charge in [-0.15, -0.1) is 0 Å². The van der Waals surface area contributed by atoms with Gasteiger partial charge in [-0.2, -0.15) is 0 Å². The predicted molar refractivity (Wildman–Crippen MR) is 70.4 cm³/mol. The first kappa shape index (κ1) is 12.2. The zero-order valence-electron chi connectivity index (χ0n) is 10.7. The number of rotatable bonds is 3. The lowest BCUT2D eigenvalue weighted by Crippen LogP contribution is -2.48. The number of hydrogen-bond donors (Lipinski definition) is 1. The molecule has 1 aromatic rings. The Balaban J connectivity index is 1.50. The van der Waals surface area contributed by atoms with Gasteiger partial charge in [-0.3, -0.25) is 0 Å². The van der Waals surface area contributed by atoms with Crippen LogP contribution in [-0.4, -0.2) is 31.4 Å². The van der Waals surface area contributed by atoms with Crippen LogP contribution in [0.3, 0.4) is 0 Å². The maximum absolute atomic E-state index is 6.01. The third-order valence-corrected chi connectivity index (χ3v) is 3.98. The molecule has 1 aliphatic carbocycles. The van der Waals surface area contributed by atoms with Crippen LogP contribution in [0, 0.1) is 0 Å². The van der Waals surface area contributed by atoms with Crippen molar-refractivity contribution in [3.8, 4) is 0 Å². The molecule has 98 valence electrons. The minimum atomic E-state index is 0.0552. The van der Waals surface area contributed by atoms with Crippen molar-refractivity contribution in [3.63, 3.8) is 0 Å². The van der Waals surface area contributed by atoms with Crippen molar-refractivity contribution >= 4 is 0 Å². The van der Waals surface area contributed by atoms with Crippen molar-refractivity contribution in [1.29, 1.82) is 0 Å². The van der Waals surface area contributed by atoms with E-state index in [4.69, 9.17) is 9.47 Å². The number of morpholine rings is 1. The van der Waals surface area contributed by atoms with Crippen LogP contribution in [0.15, 0.2) is 30.3 Å². The Morgan fingerprint density at radius 2 is 2.22 bits per heavy atom. The second-order valence-corrected chi connectivity index (χ2v) is 5.37. The van der Waals surface area contributed by atoms with Crippen LogP contribution in [0.25, 0.3) is 0 Å². The molecule has 18 heavy (non-hydrogen) atoms. The van der Waals surface area contributed by atoms with E-state index < -0.39 is 0 Å². The molecule has 3 rings (SSSR count). The molecule has 0 aromatic heterocycles. The van der Waals surface area contributed by atoms with E-state index in [1.54, 1.807) is 0 Å². The van der Waals surface area contributed by atoms with Gasteiger partial charge in [-0.05, 0) is 18.4 Å². The largest absolute Gasteiger partial charge is 0.373 e. The normalized spacial score (nSPS) is 31.9. The van der Waals surface area contributed by atoms with Crippen LogP contribution in [0.4, 0.5) is 0 Å². The van der Waals surface area contributed by atoms with Gasteiger partial charge in [0.25, 0.3) is 0 Å². The molecule has 3 heteroatoms. The minimum absolute atomic E-state index is 0.0552. The molecule has 1 saturated heterocycles. The predicted octanol–water partition coefficient (Wildman–Crippen LogP) is 2.11. The van der Waals surface area contributed by atoms with Crippen molar-refractivity contribution in [2.24, 2.45) is 0 Å². The van der Waals surface area contributed by atoms with E-state index in [-0.39, 0.29) is 5.60 Å². The van der Waals surface area contributed by atoms with Gasteiger partial charge >= 0.3 is 0 Å². The van der Waals surface area contributed by atoms with Crippen LogP contribution in [0.2, 0.25) is 0 Å². The van der Waals surface area contributed by atoms with E-state index in [0.29, 0.717) is 6.10 Å². The van der Waals surface area contributed by atoms with Crippen molar-refractivity contribution in [2.45, 2.75) is 37.6 Å². The van der Waals surface area contributed by atoms with Gasteiger partial charge in [-0.1, -0.05) is 30.3 Å². The third-order valence-electron chi connectivity index (χ3n) is 3.98. The van der Waals surface area contributed by atoms with E-state index in [2.05, 4.69) is 29.6 Å². The molecule has 1 spiro atoms. The quantitative estimate of drug-likeness (QED) is 0.887. The van der Waals surface area contributed by atoms with Gasteiger partial charge < -0.3 is 14.8 Å². The first-order chi connectivity index (χ1) is 8.86. The molecular formula is C15H21NO2. The highest BCUT2D eigenvalue weighted by molar-refractivity contribution is 5.13. The second-order valence-electron chi connectivity index (χ2n) is 5.37. The molecule has 2 aliphatic rings. The first-order valence-corrected chi connectivity index (χ1v) is 6.87. The summed E-state index contributed by atoms with van der Waals surface area (Å²) < 4.78 is 12.0. The van der Waals surface area contributed by atoms with Crippen LogP contribution in [-0.2, 0) is 16.1 Å². The van der Waals surface area contributed by atoms with Crippen molar-refractivity contribution in [3.05, 3.63) is 35.9 Å². The van der Waals surface area contributed by atoms with Gasteiger partial charge in [0.15, 0.2) is 0 Å². The van der Waals surface area contributed by atoms with Gasteiger partial charge in [0.2, 0.25) is 0 Å². The Kier molecular flexibility index (Phi) is 3.64. The molecule has 0 radical (unpaired) electrons. The average Bonchev–Trinajstić information content (AvgIpc) is 2.82. The molecular weight excluding hydrogens is 226 g/mol. The summed E-state index contributed by atoms with van der Waals surface area (Å²) in [6.45, 7) is 3.52. The number of ether oxygens (including phenoxy) is 2.